The molecule has 0 unspecified atom stereocenters. The fraction of sp³-hybridized carbons (Fsp3) is 0.111. The molecule has 0 saturated heterocycles. The lowest BCUT2D eigenvalue weighted by Gasteiger charge is -2.03. The first-order valence-corrected chi connectivity index (χ1v) is 7.20. The third-order valence-corrected chi connectivity index (χ3v) is 3.38. The molecule has 110 valence electrons. The van der Waals surface area contributed by atoms with Crippen molar-refractivity contribution in [3.05, 3.63) is 89.7 Å². The third-order valence-electron chi connectivity index (χ3n) is 3.38. The van der Waals surface area contributed by atoms with E-state index in [0.29, 0.717) is 18.7 Å². The monoisotopic (exact) mass is 291 g/mol. The predicted octanol–water partition coefficient (Wildman–Crippen LogP) is 2.86. The largest absolute Gasteiger partial charge is 0.348 e. The lowest BCUT2D eigenvalue weighted by Crippen LogP contribution is -2.22. The number of nitrogens with zero attached hydrogens (tertiary/aromatic N) is 2. The number of carbonyl (C=O) groups is 1. The number of rotatable bonds is 5. The SMILES string of the molecule is O=C(NCc1ccccc1)c1cnn(Cc2ccccc2)c1. The van der Waals surface area contributed by atoms with Crippen molar-refractivity contribution in [2.75, 3.05) is 0 Å². The van der Waals surface area contributed by atoms with E-state index < -0.39 is 0 Å². The summed E-state index contributed by atoms with van der Waals surface area (Å²) in [5.41, 5.74) is 2.81. The maximum atomic E-state index is 12.1. The summed E-state index contributed by atoms with van der Waals surface area (Å²) in [5, 5.41) is 7.14. The van der Waals surface area contributed by atoms with Gasteiger partial charge in [0, 0.05) is 12.7 Å². The molecule has 0 radical (unpaired) electrons. The molecule has 1 aromatic heterocycles. The van der Waals surface area contributed by atoms with Crippen LogP contribution >= 0.6 is 0 Å². The van der Waals surface area contributed by atoms with Crippen LogP contribution in [0.2, 0.25) is 0 Å². The molecule has 3 rings (SSSR count). The second-order valence-corrected chi connectivity index (χ2v) is 5.08. The van der Waals surface area contributed by atoms with E-state index in [1.165, 1.54) is 0 Å². The van der Waals surface area contributed by atoms with Gasteiger partial charge < -0.3 is 5.32 Å². The summed E-state index contributed by atoms with van der Waals surface area (Å²) in [5.74, 6) is -0.108. The minimum atomic E-state index is -0.108. The van der Waals surface area contributed by atoms with Crippen molar-refractivity contribution < 1.29 is 4.79 Å². The van der Waals surface area contributed by atoms with Crippen LogP contribution < -0.4 is 5.32 Å². The predicted molar refractivity (Wildman–Crippen MR) is 85.4 cm³/mol. The van der Waals surface area contributed by atoms with E-state index in [4.69, 9.17) is 0 Å². The van der Waals surface area contributed by atoms with E-state index in [-0.39, 0.29) is 5.91 Å². The number of hydrogen-bond acceptors (Lipinski definition) is 2. The van der Waals surface area contributed by atoms with Gasteiger partial charge in [0.2, 0.25) is 0 Å². The molecule has 0 aliphatic rings. The van der Waals surface area contributed by atoms with E-state index >= 15 is 0 Å². The van der Waals surface area contributed by atoms with Gasteiger partial charge in [0.15, 0.2) is 0 Å². The highest BCUT2D eigenvalue weighted by Crippen LogP contribution is 2.05. The molecular weight excluding hydrogens is 274 g/mol. The summed E-state index contributed by atoms with van der Waals surface area (Å²) >= 11 is 0. The van der Waals surface area contributed by atoms with Crippen LogP contribution in [0.3, 0.4) is 0 Å². The second kappa shape index (κ2) is 6.72. The first kappa shape index (κ1) is 14.1. The molecule has 2 aromatic carbocycles. The molecular formula is C18H17N3O. The fourth-order valence-electron chi connectivity index (χ4n) is 2.22. The summed E-state index contributed by atoms with van der Waals surface area (Å²) in [6.45, 7) is 1.18. The Morgan fingerprint density at radius 2 is 1.59 bits per heavy atom. The molecule has 0 fully saturated rings. The standard InChI is InChI=1S/C18H17N3O/c22-18(19-11-15-7-3-1-4-8-15)17-12-20-21(14-17)13-16-9-5-2-6-10-16/h1-10,12,14H,11,13H2,(H,19,22). The molecule has 0 aliphatic carbocycles. The zero-order valence-electron chi connectivity index (χ0n) is 12.1. The smallest absolute Gasteiger partial charge is 0.254 e. The minimum Gasteiger partial charge on any atom is -0.348 e. The first-order valence-electron chi connectivity index (χ1n) is 7.20. The number of hydrogen-bond donors (Lipinski definition) is 1. The molecule has 4 heteroatoms. The lowest BCUT2D eigenvalue weighted by molar-refractivity contribution is 0.0951. The van der Waals surface area contributed by atoms with E-state index in [9.17, 15) is 4.79 Å². The van der Waals surface area contributed by atoms with Crippen molar-refractivity contribution in [3.8, 4) is 0 Å². The molecule has 1 heterocycles. The van der Waals surface area contributed by atoms with Crippen molar-refractivity contribution in [2.45, 2.75) is 13.1 Å². The normalized spacial score (nSPS) is 10.4. The van der Waals surface area contributed by atoms with E-state index in [2.05, 4.69) is 10.4 Å². The first-order chi connectivity index (χ1) is 10.8. The molecule has 22 heavy (non-hydrogen) atoms. The van der Waals surface area contributed by atoms with Gasteiger partial charge >= 0.3 is 0 Å². The number of nitrogens with one attached hydrogen (secondary N) is 1. The van der Waals surface area contributed by atoms with Crippen LogP contribution in [0.15, 0.2) is 73.1 Å². The van der Waals surface area contributed by atoms with Gasteiger partial charge in [-0.3, -0.25) is 9.48 Å². The average Bonchev–Trinajstić information content (AvgIpc) is 3.03. The average molecular weight is 291 g/mol. The summed E-state index contributed by atoms with van der Waals surface area (Å²) in [6.07, 6.45) is 3.37. The summed E-state index contributed by atoms with van der Waals surface area (Å²) in [4.78, 5) is 12.1. The number of carbonyl (C=O) groups excluding carboxylic acids is 1. The Morgan fingerprint density at radius 3 is 2.27 bits per heavy atom. The van der Waals surface area contributed by atoms with E-state index in [1.54, 1.807) is 17.1 Å². The molecule has 4 nitrogen and oxygen atoms in total. The Hall–Kier alpha value is -2.88. The second-order valence-electron chi connectivity index (χ2n) is 5.08. The summed E-state index contributed by atoms with van der Waals surface area (Å²) in [7, 11) is 0. The molecule has 0 spiro atoms. The fourth-order valence-corrected chi connectivity index (χ4v) is 2.22. The highest BCUT2D eigenvalue weighted by Gasteiger charge is 2.08. The Labute approximate surface area is 129 Å². The van der Waals surface area contributed by atoms with Gasteiger partial charge in [0.1, 0.15) is 0 Å². The number of aromatic nitrogens is 2. The van der Waals surface area contributed by atoms with Crippen LogP contribution in [0.4, 0.5) is 0 Å². The molecule has 1 amide bonds. The molecule has 0 aliphatic heterocycles. The Balaban J connectivity index is 1.60. The van der Waals surface area contributed by atoms with Crippen LogP contribution in [0.25, 0.3) is 0 Å². The maximum Gasteiger partial charge on any atom is 0.254 e. The minimum absolute atomic E-state index is 0.108. The van der Waals surface area contributed by atoms with Crippen LogP contribution in [0.5, 0.6) is 0 Å². The highest BCUT2D eigenvalue weighted by molar-refractivity contribution is 5.93. The van der Waals surface area contributed by atoms with Crippen LogP contribution in [-0.4, -0.2) is 15.7 Å². The molecule has 0 saturated carbocycles. The summed E-state index contributed by atoms with van der Waals surface area (Å²) < 4.78 is 1.77. The van der Waals surface area contributed by atoms with Crippen LogP contribution in [0.1, 0.15) is 21.5 Å². The highest BCUT2D eigenvalue weighted by atomic mass is 16.1. The zero-order chi connectivity index (χ0) is 15.2. The molecule has 0 atom stereocenters. The molecule has 3 aromatic rings. The van der Waals surface area contributed by atoms with Crippen molar-refractivity contribution in [2.24, 2.45) is 0 Å². The van der Waals surface area contributed by atoms with Gasteiger partial charge in [-0.2, -0.15) is 5.10 Å². The van der Waals surface area contributed by atoms with Crippen LogP contribution in [0, 0.1) is 0 Å². The van der Waals surface area contributed by atoms with Crippen molar-refractivity contribution >= 4 is 5.91 Å². The van der Waals surface area contributed by atoms with Crippen LogP contribution in [-0.2, 0) is 13.1 Å². The topological polar surface area (TPSA) is 46.9 Å². The van der Waals surface area contributed by atoms with Crippen molar-refractivity contribution in [3.63, 3.8) is 0 Å². The maximum absolute atomic E-state index is 12.1. The molecule has 1 N–H and O–H groups in total. The van der Waals surface area contributed by atoms with Gasteiger partial charge in [-0.15, -0.1) is 0 Å². The summed E-state index contributed by atoms with van der Waals surface area (Å²) in [6, 6.07) is 19.9. The third kappa shape index (κ3) is 3.61. The van der Waals surface area contributed by atoms with Gasteiger partial charge in [-0.1, -0.05) is 60.7 Å². The molecule has 0 bridgehead atoms. The number of benzene rings is 2. The Morgan fingerprint density at radius 1 is 0.955 bits per heavy atom. The van der Waals surface area contributed by atoms with Gasteiger partial charge in [-0.25, -0.2) is 0 Å². The van der Waals surface area contributed by atoms with Crippen molar-refractivity contribution in [1.82, 2.24) is 15.1 Å². The van der Waals surface area contributed by atoms with E-state index in [0.717, 1.165) is 11.1 Å². The number of amides is 1. The van der Waals surface area contributed by atoms with Gasteiger partial charge in [-0.05, 0) is 11.1 Å². The Kier molecular flexibility index (Phi) is 4.30. The van der Waals surface area contributed by atoms with Gasteiger partial charge in [0.25, 0.3) is 5.91 Å². The van der Waals surface area contributed by atoms with Gasteiger partial charge in [0.05, 0.1) is 18.3 Å². The van der Waals surface area contributed by atoms with E-state index in [1.807, 2.05) is 60.7 Å². The zero-order valence-corrected chi connectivity index (χ0v) is 12.1. The quantitative estimate of drug-likeness (QED) is 0.785. The lowest BCUT2D eigenvalue weighted by atomic mass is 10.2. The Bertz CT molecular complexity index is 735. The van der Waals surface area contributed by atoms with Crippen molar-refractivity contribution in [1.29, 1.82) is 0 Å².